The van der Waals surface area contributed by atoms with Crippen LogP contribution < -0.4 is 14.4 Å². The largest absolute Gasteiger partial charge is 0.540 e. The standard InChI is InChI=1S/C15H17N2O2.C6H5NO2.Ir/c1-17(2)11-7-8-16-14(9-11)13-6-5-12(18-3)10-15(13)19-4;8-6(9)5-3-1-2-4-7-5;/h5,7-10H,1-4H3;1-4H,(H,8,9);/q-1;;. The number of carbonyl (C=O) groups is 1. The Labute approximate surface area is 183 Å². The van der Waals surface area contributed by atoms with Crippen LogP contribution in [0.5, 0.6) is 11.5 Å². The van der Waals surface area contributed by atoms with E-state index in [1.54, 1.807) is 38.6 Å². The minimum atomic E-state index is -0.990. The predicted molar refractivity (Wildman–Crippen MR) is 107 cm³/mol. The molecule has 7 nitrogen and oxygen atoms in total. The molecule has 3 aromatic rings. The van der Waals surface area contributed by atoms with Crippen LogP contribution in [0.3, 0.4) is 0 Å². The molecule has 0 saturated carbocycles. The van der Waals surface area contributed by atoms with Crippen LogP contribution in [0.1, 0.15) is 10.5 Å². The van der Waals surface area contributed by atoms with Crippen molar-refractivity contribution in [2.75, 3.05) is 33.2 Å². The second-order valence-corrected chi connectivity index (χ2v) is 5.80. The second-order valence-electron chi connectivity index (χ2n) is 5.80. The van der Waals surface area contributed by atoms with E-state index in [-0.39, 0.29) is 25.8 Å². The molecule has 8 heteroatoms. The Kier molecular flexibility index (Phi) is 9.79. The first kappa shape index (κ1) is 24.1. The summed E-state index contributed by atoms with van der Waals surface area (Å²) in [6.07, 6.45) is 3.23. The van der Waals surface area contributed by atoms with Crippen LogP contribution in [-0.4, -0.2) is 49.4 Å². The molecule has 0 aliphatic carbocycles. The van der Waals surface area contributed by atoms with Gasteiger partial charge in [-0.05, 0) is 23.9 Å². The number of hydrogen-bond acceptors (Lipinski definition) is 6. The van der Waals surface area contributed by atoms with Gasteiger partial charge in [0.25, 0.3) is 0 Å². The van der Waals surface area contributed by atoms with Crippen molar-refractivity contribution in [2.24, 2.45) is 0 Å². The molecule has 0 unspecified atom stereocenters. The summed E-state index contributed by atoms with van der Waals surface area (Å²) in [7, 11) is 7.23. The molecule has 0 bridgehead atoms. The van der Waals surface area contributed by atoms with E-state index in [1.807, 2.05) is 37.2 Å². The van der Waals surface area contributed by atoms with Crippen molar-refractivity contribution in [3.8, 4) is 22.8 Å². The van der Waals surface area contributed by atoms with Gasteiger partial charge in [-0.1, -0.05) is 23.8 Å². The summed E-state index contributed by atoms with van der Waals surface area (Å²) in [6.45, 7) is 0. The number of hydrogen-bond donors (Lipinski definition) is 1. The Morgan fingerprint density at radius 1 is 1.07 bits per heavy atom. The molecule has 2 heterocycles. The van der Waals surface area contributed by atoms with Crippen molar-refractivity contribution in [1.29, 1.82) is 0 Å². The quantitative estimate of drug-likeness (QED) is 0.469. The third kappa shape index (κ3) is 6.85. The second kappa shape index (κ2) is 11.8. The Morgan fingerprint density at radius 3 is 2.34 bits per heavy atom. The van der Waals surface area contributed by atoms with Crippen molar-refractivity contribution in [3.63, 3.8) is 0 Å². The number of methoxy groups -OCH3 is 2. The zero-order valence-electron chi connectivity index (χ0n) is 16.5. The number of aromatic nitrogens is 2. The summed E-state index contributed by atoms with van der Waals surface area (Å²) in [5.41, 5.74) is 2.81. The Bertz CT molecular complexity index is 921. The summed E-state index contributed by atoms with van der Waals surface area (Å²) in [4.78, 5) is 20.1. The molecule has 0 amide bonds. The van der Waals surface area contributed by atoms with Gasteiger partial charge in [0.2, 0.25) is 0 Å². The van der Waals surface area contributed by atoms with Gasteiger partial charge < -0.3 is 24.5 Å². The number of benzene rings is 1. The minimum Gasteiger partial charge on any atom is -0.540 e. The number of ether oxygens (including phenoxy) is 2. The molecule has 1 radical (unpaired) electrons. The third-order valence-corrected chi connectivity index (χ3v) is 3.73. The summed E-state index contributed by atoms with van der Waals surface area (Å²) in [5.74, 6) is 0.419. The average Bonchev–Trinajstić information content (AvgIpc) is 2.74. The Balaban J connectivity index is 0.000000355. The molecule has 155 valence electrons. The predicted octanol–water partition coefficient (Wildman–Crippen LogP) is 3.41. The molecule has 3 rings (SSSR count). The SMILES string of the molecule is COc1c[c-]c(-c2cc(N(C)C)ccn2)c(OC)c1.O=C(O)c1ccccn1.[Ir]. The van der Waals surface area contributed by atoms with Crippen molar-refractivity contribution < 1.29 is 39.5 Å². The van der Waals surface area contributed by atoms with E-state index < -0.39 is 5.97 Å². The van der Waals surface area contributed by atoms with Gasteiger partial charge in [0.1, 0.15) is 5.69 Å². The van der Waals surface area contributed by atoms with Crippen LogP contribution in [0.15, 0.2) is 54.9 Å². The maximum Gasteiger partial charge on any atom is 0.354 e. The van der Waals surface area contributed by atoms with E-state index in [4.69, 9.17) is 14.6 Å². The number of anilines is 1. The van der Waals surface area contributed by atoms with E-state index in [0.29, 0.717) is 11.5 Å². The fraction of sp³-hybridized carbons (Fsp3) is 0.190. The Hall–Kier alpha value is -2.96. The molecule has 2 aromatic heterocycles. The molecule has 0 atom stereocenters. The summed E-state index contributed by atoms with van der Waals surface area (Å²) < 4.78 is 10.5. The van der Waals surface area contributed by atoms with Crippen LogP contribution in [0.25, 0.3) is 11.3 Å². The van der Waals surface area contributed by atoms with Gasteiger partial charge >= 0.3 is 5.97 Å². The van der Waals surface area contributed by atoms with Gasteiger partial charge in [0.05, 0.1) is 14.2 Å². The maximum atomic E-state index is 10.1. The van der Waals surface area contributed by atoms with E-state index in [2.05, 4.69) is 16.0 Å². The van der Waals surface area contributed by atoms with Gasteiger partial charge in [-0.3, -0.25) is 0 Å². The van der Waals surface area contributed by atoms with Crippen LogP contribution in [0.4, 0.5) is 5.69 Å². The van der Waals surface area contributed by atoms with E-state index in [1.165, 1.54) is 12.3 Å². The summed E-state index contributed by atoms with van der Waals surface area (Å²) >= 11 is 0. The van der Waals surface area contributed by atoms with E-state index in [0.717, 1.165) is 16.9 Å². The molecule has 0 aliphatic rings. The van der Waals surface area contributed by atoms with Crippen LogP contribution in [-0.2, 0) is 20.1 Å². The summed E-state index contributed by atoms with van der Waals surface area (Å²) in [5, 5.41) is 8.32. The molecular weight excluding hydrogens is 550 g/mol. The molecule has 0 fully saturated rings. The number of carboxylic acids is 1. The zero-order chi connectivity index (χ0) is 20.5. The number of rotatable bonds is 5. The van der Waals surface area contributed by atoms with E-state index in [9.17, 15) is 4.79 Å². The molecular formula is C21H22IrN3O4-. The normalized spacial score (nSPS) is 9.38. The van der Waals surface area contributed by atoms with Gasteiger partial charge in [-0.2, -0.15) is 0 Å². The van der Waals surface area contributed by atoms with Crippen molar-refractivity contribution in [3.05, 3.63) is 66.6 Å². The van der Waals surface area contributed by atoms with Crippen molar-refractivity contribution in [2.45, 2.75) is 0 Å². The first-order chi connectivity index (χ1) is 13.5. The zero-order valence-corrected chi connectivity index (χ0v) is 18.9. The van der Waals surface area contributed by atoms with Crippen LogP contribution >= 0.6 is 0 Å². The van der Waals surface area contributed by atoms with Gasteiger partial charge in [0.15, 0.2) is 0 Å². The number of carboxylic acid groups (broad SMARTS) is 1. The minimum absolute atomic E-state index is 0. The fourth-order valence-electron chi connectivity index (χ4n) is 2.26. The number of pyridine rings is 2. The van der Waals surface area contributed by atoms with Crippen LogP contribution in [0, 0.1) is 6.07 Å². The number of nitrogens with zero attached hydrogens (tertiary/aromatic N) is 3. The molecule has 0 aliphatic heterocycles. The topological polar surface area (TPSA) is 84.8 Å². The average molecular weight is 573 g/mol. The van der Waals surface area contributed by atoms with Gasteiger partial charge in [-0.15, -0.1) is 12.1 Å². The smallest absolute Gasteiger partial charge is 0.354 e. The molecule has 0 saturated heterocycles. The monoisotopic (exact) mass is 573 g/mol. The first-order valence-corrected chi connectivity index (χ1v) is 8.38. The maximum absolute atomic E-state index is 10.1. The van der Waals surface area contributed by atoms with Gasteiger partial charge in [0, 0.05) is 63.8 Å². The third-order valence-electron chi connectivity index (χ3n) is 3.73. The molecule has 0 spiro atoms. The molecule has 29 heavy (non-hydrogen) atoms. The van der Waals surface area contributed by atoms with Gasteiger partial charge in [-0.25, -0.2) is 9.78 Å². The Morgan fingerprint density at radius 2 is 1.83 bits per heavy atom. The summed E-state index contributed by atoms with van der Waals surface area (Å²) in [6, 6.07) is 15.5. The first-order valence-electron chi connectivity index (χ1n) is 8.38. The van der Waals surface area contributed by atoms with Crippen LogP contribution in [0.2, 0.25) is 0 Å². The number of aromatic carboxylic acids is 1. The fourth-order valence-corrected chi connectivity index (χ4v) is 2.26. The van der Waals surface area contributed by atoms with E-state index >= 15 is 0 Å². The van der Waals surface area contributed by atoms with Crippen molar-refractivity contribution in [1.82, 2.24) is 9.97 Å². The molecule has 1 N–H and O–H groups in total. The van der Waals surface area contributed by atoms with Crippen molar-refractivity contribution >= 4 is 11.7 Å². The molecule has 1 aromatic carbocycles.